The minimum absolute atomic E-state index is 0.000378. The number of hydrogen-bond donors (Lipinski definition) is 2. The van der Waals surface area contributed by atoms with Crippen molar-refractivity contribution in [2.24, 2.45) is 17.1 Å². The topological polar surface area (TPSA) is 68.0 Å². The predicted molar refractivity (Wildman–Crippen MR) is 91.7 cm³/mol. The maximum Gasteiger partial charge on any atom is 0.157 e. The average molecular weight is 330 g/mol. The lowest BCUT2D eigenvalue weighted by atomic mass is 9.64. The summed E-state index contributed by atoms with van der Waals surface area (Å²) < 4.78 is 11.9. The Bertz CT molecular complexity index is 637. The quantitative estimate of drug-likeness (QED) is 0.768. The van der Waals surface area contributed by atoms with E-state index in [1.54, 1.807) is 7.11 Å². The summed E-state index contributed by atoms with van der Waals surface area (Å²) in [5.74, 6) is 1.91. The highest BCUT2D eigenvalue weighted by atomic mass is 16.5. The molecule has 0 radical (unpaired) electrons. The average Bonchev–Trinajstić information content (AvgIpc) is 2.83. The van der Waals surface area contributed by atoms with Crippen LogP contribution < -0.4 is 5.73 Å². The molecular weight excluding hydrogens is 304 g/mol. The van der Waals surface area contributed by atoms with Crippen molar-refractivity contribution in [1.29, 1.82) is 0 Å². The molecule has 1 spiro atoms. The van der Waals surface area contributed by atoms with Crippen molar-refractivity contribution in [3.8, 4) is 0 Å². The van der Waals surface area contributed by atoms with Gasteiger partial charge in [0.15, 0.2) is 5.76 Å². The van der Waals surface area contributed by atoms with E-state index in [0.29, 0.717) is 13.0 Å². The number of nitrogens with zero attached hydrogens (tertiary/aromatic N) is 1. The molecule has 130 valence electrons. The highest BCUT2D eigenvalue weighted by Gasteiger charge is 2.58. The molecule has 2 heterocycles. The Balaban J connectivity index is 1.77. The van der Waals surface area contributed by atoms with Gasteiger partial charge in [-0.05, 0) is 31.0 Å². The summed E-state index contributed by atoms with van der Waals surface area (Å²) in [7, 11) is 1.69. The van der Waals surface area contributed by atoms with Crippen LogP contribution >= 0.6 is 0 Å². The zero-order valence-corrected chi connectivity index (χ0v) is 14.1. The number of aliphatic hydroxyl groups excluding tert-OH is 1. The monoisotopic (exact) mass is 330 g/mol. The van der Waals surface area contributed by atoms with E-state index in [-0.39, 0.29) is 17.4 Å². The Morgan fingerprint density at radius 1 is 1.46 bits per heavy atom. The van der Waals surface area contributed by atoms with Crippen LogP contribution in [0.25, 0.3) is 0 Å². The second-order valence-electron chi connectivity index (χ2n) is 7.14. The number of ether oxygens (including phenoxy) is 2. The van der Waals surface area contributed by atoms with Crippen LogP contribution in [0.15, 0.2) is 47.6 Å². The Kier molecular flexibility index (Phi) is 3.93. The van der Waals surface area contributed by atoms with E-state index in [0.717, 1.165) is 37.4 Å². The predicted octanol–water partition coefficient (Wildman–Crippen LogP) is 1.67. The highest BCUT2D eigenvalue weighted by molar-refractivity contribution is 5.46. The molecule has 1 saturated heterocycles. The lowest BCUT2D eigenvalue weighted by Crippen LogP contribution is -2.41. The van der Waals surface area contributed by atoms with E-state index >= 15 is 0 Å². The van der Waals surface area contributed by atoms with Crippen molar-refractivity contribution in [2.45, 2.75) is 31.5 Å². The van der Waals surface area contributed by atoms with Gasteiger partial charge in [0.05, 0.1) is 19.1 Å². The third-order valence-electron chi connectivity index (χ3n) is 5.79. The highest BCUT2D eigenvalue weighted by Crippen LogP contribution is 2.58. The van der Waals surface area contributed by atoms with Crippen molar-refractivity contribution < 1.29 is 14.6 Å². The van der Waals surface area contributed by atoms with Crippen LogP contribution in [-0.4, -0.2) is 49.0 Å². The number of methoxy groups -OCH3 is 1. The van der Waals surface area contributed by atoms with E-state index < -0.39 is 6.10 Å². The molecule has 4 atom stereocenters. The van der Waals surface area contributed by atoms with E-state index in [9.17, 15) is 5.11 Å². The van der Waals surface area contributed by atoms with Gasteiger partial charge < -0.3 is 25.2 Å². The largest absolute Gasteiger partial charge is 0.493 e. The number of allylic oxidation sites excluding steroid dienone is 3. The van der Waals surface area contributed by atoms with E-state index in [1.807, 2.05) is 12.2 Å². The SMILES string of the molecule is COC1=C2OC3C[C@@H](O)C=CC34CCN(CCCN)C=C(C=C1)C24. The van der Waals surface area contributed by atoms with Gasteiger partial charge in [0, 0.05) is 31.1 Å². The number of nitrogens with two attached hydrogens (primary N) is 1. The summed E-state index contributed by atoms with van der Waals surface area (Å²) in [5.41, 5.74) is 6.87. The van der Waals surface area contributed by atoms with Gasteiger partial charge in [-0.3, -0.25) is 0 Å². The second kappa shape index (κ2) is 5.97. The standard InChI is InChI=1S/C19H26N2O3/c1-23-15-4-3-13-12-21(9-2-8-20)10-7-19-6-5-14(22)11-16(19)24-18(15)17(13)19/h3-6,12,14,16-17,22H,2,7-11,20H2,1H3/t14-,16?,17?,19?/m0/s1. The molecule has 1 fully saturated rings. The summed E-state index contributed by atoms with van der Waals surface area (Å²) in [4.78, 5) is 2.38. The first-order valence-electron chi connectivity index (χ1n) is 8.84. The smallest absolute Gasteiger partial charge is 0.157 e. The first kappa shape index (κ1) is 15.8. The van der Waals surface area contributed by atoms with Gasteiger partial charge in [-0.15, -0.1) is 0 Å². The molecule has 0 aromatic rings. The fourth-order valence-corrected chi connectivity index (χ4v) is 4.59. The molecule has 0 bridgehead atoms. The van der Waals surface area contributed by atoms with Gasteiger partial charge in [0.2, 0.25) is 0 Å². The van der Waals surface area contributed by atoms with E-state index in [4.69, 9.17) is 15.2 Å². The third-order valence-corrected chi connectivity index (χ3v) is 5.79. The molecule has 2 aliphatic heterocycles. The fraction of sp³-hybridized carbons (Fsp3) is 0.579. The van der Waals surface area contributed by atoms with Crippen molar-refractivity contribution in [2.75, 3.05) is 26.7 Å². The minimum Gasteiger partial charge on any atom is -0.493 e. The van der Waals surface area contributed by atoms with Crippen molar-refractivity contribution >= 4 is 0 Å². The van der Waals surface area contributed by atoms with Gasteiger partial charge in [0.25, 0.3) is 0 Å². The van der Waals surface area contributed by atoms with Gasteiger partial charge >= 0.3 is 0 Å². The third kappa shape index (κ3) is 2.30. The molecule has 24 heavy (non-hydrogen) atoms. The number of hydrogen-bond acceptors (Lipinski definition) is 5. The lowest BCUT2D eigenvalue weighted by molar-refractivity contribution is 0.0314. The second-order valence-corrected chi connectivity index (χ2v) is 7.14. The maximum absolute atomic E-state index is 10.1. The molecule has 0 saturated carbocycles. The van der Waals surface area contributed by atoms with Crippen LogP contribution in [0.5, 0.6) is 0 Å². The normalized spacial score (nSPS) is 36.7. The molecular formula is C19H26N2O3. The maximum atomic E-state index is 10.1. The van der Waals surface area contributed by atoms with Crippen molar-refractivity contribution in [3.63, 3.8) is 0 Å². The summed E-state index contributed by atoms with van der Waals surface area (Å²) in [6.45, 7) is 2.66. The molecule has 5 nitrogen and oxygen atoms in total. The van der Waals surface area contributed by atoms with Crippen LogP contribution in [0.2, 0.25) is 0 Å². The lowest BCUT2D eigenvalue weighted by Gasteiger charge is -2.38. The van der Waals surface area contributed by atoms with Crippen LogP contribution in [0, 0.1) is 11.3 Å². The van der Waals surface area contributed by atoms with Crippen molar-refractivity contribution in [1.82, 2.24) is 4.90 Å². The zero-order chi connectivity index (χ0) is 16.7. The number of aliphatic hydroxyl groups is 1. The molecule has 3 unspecified atom stereocenters. The molecule has 0 aromatic heterocycles. The fourth-order valence-electron chi connectivity index (χ4n) is 4.59. The molecule has 0 amide bonds. The van der Waals surface area contributed by atoms with Gasteiger partial charge in [-0.2, -0.15) is 0 Å². The Morgan fingerprint density at radius 3 is 3.12 bits per heavy atom. The summed E-state index contributed by atoms with van der Waals surface area (Å²) in [6, 6.07) is 0. The van der Waals surface area contributed by atoms with Crippen LogP contribution in [0.3, 0.4) is 0 Å². The first-order valence-corrected chi connectivity index (χ1v) is 8.84. The molecule has 4 rings (SSSR count). The first-order chi connectivity index (χ1) is 11.7. The molecule has 5 heteroatoms. The Morgan fingerprint density at radius 2 is 2.33 bits per heavy atom. The molecule has 0 aromatic carbocycles. The van der Waals surface area contributed by atoms with E-state index in [1.165, 1.54) is 5.57 Å². The molecule has 2 aliphatic carbocycles. The molecule has 3 N–H and O–H groups in total. The summed E-state index contributed by atoms with van der Waals surface area (Å²) in [5, 5.41) is 10.1. The van der Waals surface area contributed by atoms with Crippen LogP contribution in [0.1, 0.15) is 19.3 Å². The summed E-state index contributed by atoms with van der Waals surface area (Å²) in [6.07, 6.45) is 12.8. The van der Waals surface area contributed by atoms with Crippen LogP contribution in [-0.2, 0) is 9.47 Å². The van der Waals surface area contributed by atoms with Crippen molar-refractivity contribution in [3.05, 3.63) is 47.6 Å². The zero-order valence-electron chi connectivity index (χ0n) is 14.1. The van der Waals surface area contributed by atoms with Gasteiger partial charge in [0.1, 0.15) is 11.9 Å². The Labute approximate surface area is 143 Å². The Hall–Kier alpha value is -1.72. The van der Waals surface area contributed by atoms with Gasteiger partial charge in [-0.1, -0.05) is 18.2 Å². The summed E-state index contributed by atoms with van der Waals surface area (Å²) >= 11 is 0. The minimum atomic E-state index is -0.427. The van der Waals surface area contributed by atoms with Gasteiger partial charge in [-0.25, -0.2) is 0 Å². The molecule has 4 aliphatic rings. The van der Waals surface area contributed by atoms with E-state index in [2.05, 4.69) is 23.3 Å². The number of rotatable bonds is 4. The van der Waals surface area contributed by atoms with Crippen LogP contribution in [0.4, 0.5) is 0 Å².